The molecule has 2 aromatic rings. The molecule has 1 aliphatic carbocycles. The van der Waals surface area contributed by atoms with Crippen molar-refractivity contribution in [3.63, 3.8) is 0 Å². The number of hydrogen-bond acceptors (Lipinski definition) is 5. The molecule has 2 aliphatic rings. The second kappa shape index (κ2) is 9.61. The van der Waals surface area contributed by atoms with Gasteiger partial charge in [0.05, 0.1) is 12.6 Å². The number of fused-ring (bicyclic) bond motifs is 3. The number of amides is 2. The second-order valence-electron chi connectivity index (χ2n) is 8.77. The Hall–Kier alpha value is -3.53. The molecule has 2 amide bonds. The van der Waals surface area contributed by atoms with Crippen LogP contribution in [0.15, 0.2) is 48.5 Å². The normalized spacial score (nSPS) is 20.0. The number of carboxylic acids is 1. The van der Waals surface area contributed by atoms with E-state index in [2.05, 4.69) is 5.32 Å². The van der Waals surface area contributed by atoms with E-state index in [1.807, 2.05) is 48.5 Å². The number of likely N-dealkylation sites (tertiary alicyclic amines) is 1. The van der Waals surface area contributed by atoms with Crippen molar-refractivity contribution in [2.24, 2.45) is 0 Å². The van der Waals surface area contributed by atoms with E-state index in [1.165, 1.54) is 14.0 Å². The largest absolute Gasteiger partial charge is 0.480 e. The summed E-state index contributed by atoms with van der Waals surface area (Å²) >= 11 is 0. The number of nitrogens with one attached hydrogen (secondary N) is 1. The number of halogens is 2. The smallest absolute Gasteiger partial charge is 0.407 e. The summed E-state index contributed by atoms with van der Waals surface area (Å²) in [7, 11) is 1.29. The number of carboxylic acid groups (broad SMARTS) is 1. The molecule has 1 fully saturated rings. The highest BCUT2D eigenvalue weighted by Gasteiger charge is 2.52. The van der Waals surface area contributed by atoms with Gasteiger partial charge in [-0.2, -0.15) is 0 Å². The van der Waals surface area contributed by atoms with Crippen molar-refractivity contribution in [2.45, 2.75) is 43.4 Å². The van der Waals surface area contributed by atoms with Crippen LogP contribution in [0.3, 0.4) is 0 Å². The number of rotatable bonds is 7. The van der Waals surface area contributed by atoms with E-state index in [0.717, 1.165) is 22.3 Å². The van der Waals surface area contributed by atoms with Crippen molar-refractivity contribution in [1.29, 1.82) is 0 Å². The van der Waals surface area contributed by atoms with Crippen LogP contribution in [0, 0.1) is 0 Å². The third kappa shape index (κ3) is 4.84. The Labute approximate surface area is 200 Å². The van der Waals surface area contributed by atoms with Crippen LogP contribution in [0.1, 0.15) is 30.4 Å². The topological polar surface area (TPSA) is 105 Å². The number of hydrogen-bond donors (Lipinski definition) is 2. The maximum absolute atomic E-state index is 13.9. The Morgan fingerprint density at radius 1 is 1.11 bits per heavy atom. The molecule has 8 nitrogen and oxygen atoms in total. The Balaban J connectivity index is 1.47. The van der Waals surface area contributed by atoms with E-state index in [0.29, 0.717) is 4.90 Å². The Morgan fingerprint density at radius 3 is 2.23 bits per heavy atom. The quantitative estimate of drug-likeness (QED) is 0.620. The van der Waals surface area contributed by atoms with E-state index < -0.39 is 55.0 Å². The molecule has 4 rings (SSSR count). The number of nitrogens with zero attached hydrogens (tertiary/aromatic N) is 1. The van der Waals surface area contributed by atoms with Crippen LogP contribution in [0.2, 0.25) is 0 Å². The molecule has 10 heteroatoms. The molecule has 0 spiro atoms. The number of carbonyl (C=O) groups is 3. The van der Waals surface area contributed by atoms with E-state index in [4.69, 9.17) is 9.47 Å². The van der Waals surface area contributed by atoms with Gasteiger partial charge < -0.3 is 24.8 Å². The van der Waals surface area contributed by atoms with Gasteiger partial charge in [-0.05, 0) is 29.2 Å². The fourth-order valence-electron chi connectivity index (χ4n) is 4.73. The van der Waals surface area contributed by atoms with Crippen LogP contribution in [0.4, 0.5) is 13.6 Å². The highest BCUT2D eigenvalue weighted by atomic mass is 19.3. The molecule has 3 unspecified atom stereocenters. The Bertz CT molecular complexity index is 1090. The molecule has 186 valence electrons. The van der Waals surface area contributed by atoms with Gasteiger partial charge in [0.15, 0.2) is 0 Å². The van der Waals surface area contributed by atoms with Gasteiger partial charge in [-0.25, -0.2) is 18.4 Å². The molecule has 3 atom stereocenters. The van der Waals surface area contributed by atoms with Gasteiger partial charge in [0.1, 0.15) is 18.7 Å². The number of methoxy groups -OCH3 is 1. The van der Waals surface area contributed by atoms with Gasteiger partial charge in [0, 0.05) is 19.4 Å². The van der Waals surface area contributed by atoms with Crippen molar-refractivity contribution >= 4 is 18.0 Å². The summed E-state index contributed by atoms with van der Waals surface area (Å²) < 4.78 is 38.4. The molecule has 0 bridgehead atoms. The number of ether oxygens (including phenoxy) is 2. The SMILES string of the molecule is COC(C)C(NC(=O)OCC1c2ccccc2-c2ccccc21)C(=O)N1CC(F)(F)CC1C(=O)O. The molecule has 2 N–H and O–H groups in total. The summed E-state index contributed by atoms with van der Waals surface area (Å²) in [6.45, 7) is 0.403. The highest BCUT2D eigenvalue weighted by Crippen LogP contribution is 2.44. The first-order valence-corrected chi connectivity index (χ1v) is 11.2. The summed E-state index contributed by atoms with van der Waals surface area (Å²) in [5, 5.41) is 11.7. The second-order valence-corrected chi connectivity index (χ2v) is 8.77. The van der Waals surface area contributed by atoms with Crippen LogP contribution in [-0.2, 0) is 19.1 Å². The van der Waals surface area contributed by atoms with Crippen LogP contribution in [-0.4, -0.2) is 72.3 Å². The summed E-state index contributed by atoms with van der Waals surface area (Å²) in [4.78, 5) is 37.8. The number of alkyl halides is 2. The third-order valence-corrected chi connectivity index (χ3v) is 6.56. The predicted octanol–water partition coefficient (Wildman–Crippen LogP) is 3.25. The zero-order valence-corrected chi connectivity index (χ0v) is 19.2. The lowest BCUT2D eigenvalue weighted by Crippen LogP contribution is -2.56. The molecule has 0 radical (unpaired) electrons. The lowest BCUT2D eigenvalue weighted by Gasteiger charge is -2.29. The molecular weight excluding hydrogens is 462 g/mol. The molecular formula is C25H26F2N2O6. The van der Waals surface area contributed by atoms with Crippen LogP contribution >= 0.6 is 0 Å². The Morgan fingerprint density at radius 2 is 1.69 bits per heavy atom. The summed E-state index contributed by atoms with van der Waals surface area (Å²) in [5.74, 6) is -6.07. The monoisotopic (exact) mass is 488 g/mol. The highest BCUT2D eigenvalue weighted by molar-refractivity contribution is 5.90. The van der Waals surface area contributed by atoms with Gasteiger partial charge in [0.2, 0.25) is 5.91 Å². The summed E-state index contributed by atoms with van der Waals surface area (Å²) in [6.07, 6.45) is -2.86. The van der Waals surface area contributed by atoms with Crippen molar-refractivity contribution in [2.75, 3.05) is 20.3 Å². The zero-order valence-electron chi connectivity index (χ0n) is 19.2. The van der Waals surface area contributed by atoms with Crippen molar-refractivity contribution in [1.82, 2.24) is 10.2 Å². The number of carbonyl (C=O) groups excluding carboxylic acids is 2. The average molecular weight is 488 g/mol. The van der Waals surface area contributed by atoms with E-state index in [1.54, 1.807) is 0 Å². The number of aliphatic carboxylic acids is 1. The summed E-state index contributed by atoms with van der Waals surface area (Å²) in [5.41, 5.74) is 4.10. The molecule has 1 aliphatic heterocycles. The molecule has 1 heterocycles. The maximum atomic E-state index is 13.9. The lowest BCUT2D eigenvalue weighted by atomic mass is 9.98. The number of benzene rings is 2. The molecule has 2 aromatic carbocycles. The van der Waals surface area contributed by atoms with E-state index >= 15 is 0 Å². The van der Waals surface area contributed by atoms with Gasteiger partial charge in [0.25, 0.3) is 5.92 Å². The van der Waals surface area contributed by atoms with Crippen LogP contribution in [0.5, 0.6) is 0 Å². The van der Waals surface area contributed by atoms with Gasteiger partial charge >= 0.3 is 12.1 Å². The predicted molar refractivity (Wildman–Crippen MR) is 121 cm³/mol. The summed E-state index contributed by atoms with van der Waals surface area (Å²) in [6, 6.07) is 12.5. The van der Waals surface area contributed by atoms with E-state index in [9.17, 15) is 28.3 Å². The third-order valence-electron chi connectivity index (χ3n) is 6.56. The average Bonchev–Trinajstić information content (AvgIpc) is 3.34. The first kappa shape index (κ1) is 24.6. The first-order valence-electron chi connectivity index (χ1n) is 11.2. The van der Waals surface area contributed by atoms with Crippen molar-refractivity contribution in [3.05, 3.63) is 59.7 Å². The first-order chi connectivity index (χ1) is 16.6. The minimum absolute atomic E-state index is 0.0122. The Kier molecular flexibility index (Phi) is 6.75. The van der Waals surface area contributed by atoms with Crippen molar-refractivity contribution < 1.29 is 37.7 Å². The fraction of sp³-hybridized carbons (Fsp3) is 0.400. The minimum atomic E-state index is -3.34. The van der Waals surface area contributed by atoms with E-state index in [-0.39, 0.29) is 12.5 Å². The standard InChI is InChI=1S/C25H26F2N2O6/c1-14(34-2)21(22(30)29-13-25(26,27)11-20(29)23(31)32)28-24(33)35-12-19-17-9-5-3-7-15(17)16-8-4-6-10-18(16)19/h3-10,14,19-21H,11-13H2,1-2H3,(H,28,33)(H,31,32). The molecule has 0 aromatic heterocycles. The van der Waals surface area contributed by atoms with Gasteiger partial charge in [-0.1, -0.05) is 48.5 Å². The number of alkyl carbamates (subject to hydrolysis) is 1. The van der Waals surface area contributed by atoms with Crippen LogP contribution in [0.25, 0.3) is 11.1 Å². The fourth-order valence-corrected chi connectivity index (χ4v) is 4.73. The minimum Gasteiger partial charge on any atom is -0.480 e. The maximum Gasteiger partial charge on any atom is 0.407 e. The zero-order chi connectivity index (χ0) is 25.3. The van der Waals surface area contributed by atoms with Gasteiger partial charge in [-0.15, -0.1) is 0 Å². The lowest BCUT2D eigenvalue weighted by molar-refractivity contribution is -0.150. The molecule has 0 saturated carbocycles. The van der Waals surface area contributed by atoms with Crippen LogP contribution < -0.4 is 5.32 Å². The van der Waals surface area contributed by atoms with Gasteiger partial charge in [-0.3, -0.25) is 4.79 Å². The molecule has 1 saturated heterocycles. The van der Waals surface area contributed by atoms with Crippen molar-refractivity contribution in [3.8, 4) is 11.1 Å². The molecule has 35 heavy (non-hydrogen) atoms.